The Labute approximate surface area is 112 Å². The molecule has 2 N–H and O–H groups in total. The lowest BCUT2D eigenvalue weighted by molar-refractivity contribution is -0.122. The Hall–Kier alpha value is -1.55. The number of hydrogen-bond acceptors (Lipinski definition) is 2. The van der Waals surface area contributed by atoms with Crippen LogP contribution in [-0.2, 0) is 10.7 Å². The zero-order valence-corrected chi connectivity index (χ0v) is 11.3. The van der Waals surface area contributed by atoms with Crippen molar-refractivity contribution in [3.05, 3.63) is 35.4 Å². The SMILES string of the molecule is CCNC(=O)C(C)NC(=O)c1ccc(CCl)cc1. The van der Waals surface area contributed by atoms with Gasteiger partial charge in [0.25, 0.3) is 5.91 Å². The minimum absolute atomic E-state index is 0.191. The second-order valence-corrected chi connectivity index (χ2v) is 4.19. The molecule has 1 aromatic rings. The van der Waals surface area contributed by atoms with Crippen molar-refractivity contribution in [2.24, 2.45) is 0 Å². The number of carbonyl (C=O) groups is 2. The summed E-state index contributed by atoms with van der Waals surface area (Å²) in [4.78, 5) is 23.3. The minimum Gasteiger partial charge on any atom is -0.355 e. The van der Waals surface area contributed by atoms with Crippen LogP contribution in [0.3, 0.4) is 0 Å². The summed E-state index contributed by atoms with van der Waals surface area (Å²) in [7, 11) is 0. The van der Waals surface area contributed by atoms with E-state index in [1.54, 1.807) is 31.2 Å². The van der Waals surface area contributed by atoms with Crippen molar-refractivity contribution in [2.45, 2.75) is 25.8 Å². The Kier molecular flexibility index (Phi) is 5.65. The molecule has 0 aromatic heterocycles. The Balaban J connectivity index is 2.61. The van der Waals surface area contributed by atoms with Crippen molar-refractivity contribution < 1.29 is 9.59 Å². The van der Waals surface area contributed by atoms with Gasteiger partial charge in [-0.2, -0.15) is 0 Å². The first-order chi connectivity index (χ1) is 8.58. The average Bonchev–Trinajstić information content (AvgIpc) is 2.39. The Morgan fingerprint density at radius 1 is 1.28 bits per heavy atom. The van der Waals surface area contributed by atoms with Gasteiger partial charge in [0.2, 0.25) is 5.91 Å². The number of carbonyl (C=O) groups excluding carboxylic acids is 2. The first-order valence-electron chi connectivity index (χ1n) is 5.82. The Bertz CT molecular complexity index is 418. The number of alkyl halides is 1. The van der Waals surface area contributed by atoms with Gasteiger partial charge in [-0.1, -0.05) is 12.1 Å². The van der Waals surface area contributed by atoms with Gasteiger partial charge in [0.05, 0.1) is 0 Å². The van der Waals surface area contributed by atoms with E-state index >= 15 is 0 Å². The summed E-state index contributed by atoms with van der Waals surface area (Å²) in [5.41, 5.74) is 1.46. The van der Waals surface area contributed by atoms with Crippen molar-refractivity contribution in [1.29, 1.82) is 0 Å². The minimum atomic E-state index is -0.551. The molecule has 1 rings (SSSR count). The van der Waals surface area contributed by atoms with Crippen LogP contribution in [0.1, 0.15) is 29.8 Å². The van der Waals surface area contributed by atoms with Crippen LogP contribution >= 0.6 is 11.6 Å². The smallest absolute Gasteiger partial charge is 0.251 e. The molecule has 0 bridgehead atoms. The molecule has 18 heavy (non-hydrogen) atoms. The summed E-state index contributed by atoms with van der Waals surface area (Å²) < 4.78 is 0. The maximum Gasteiger partial charge on any atom is 0.251 e. The molecule has 0 aliphatic heterocycles. The maximum absolute atomic E-state index is 11.8. The molecule has 98 valence electrons. The van der Waals surface area contributed by atoms with Crippen molar-refractivity contribution in [3.63, 3.8) is 0 Å². The first kappa shape index (κ1) is 14.5. The molecule has 0 aliphatic carbocycles. The van der Waals surface area contributed by atoms with Crippen LogP contribution in [0, 0.1) is 0 Å². The van der Waals surface area contributed by atoms with Gasteiger partial charge in [0.1, 0.15) is 6.04 Å². The third-order valence-electron chi connectivity index (χ3n) is 2.46. The number of nitrogens with one attached hydrogen (secondary N) is 2. The van der Waals surface area contributed by atoms with Crippen LogP contribution in [-0.4, -0.2) is 24.4 Å². The molecule has 0 fully saturated rings. The van der Waals surface area contributed by atoms with Crippen LogP contribution < -0.4 is 10.6 Å². The van der Waals surface area contributed by atoms with Gasteiger partial charge >= 0.3 is 0 Å². The summed E-state index contributed by atoms with van der Waals surface area (Å²) in [6, 6.07) is 6.41. The molecule has 5 heteroatoms. The highest BCUT2D eigenvalue weighted by molar-refractivity contribution is 6.17. The zero-order valence-electron chi connectivity index (χ0n) is 10.5. The van der Waals surface area contributed by atoms with E-state index in [1.165, 1.54) is 0 Å². The molecule has 1 aromatic carbocycles. The van der Waals surface area contributed by atoms with Crippen molar-refractivity contribution >= 4 is 23.4 Å². The molecule has 0 aliphatic rings. The predicted molar refractivity (Wildman–Crippen MR) is 71.6 cm³/mol. The summed E-state index contributed by atoms with van der Waals surface area (Å²) in [6.07, 6.45) is 0. The molecule has 1 atom stereocenters. The molecule has 0 spiro atoms. The lowest BCUT2D eigenvalue weighted by Gasteiger charge is -2.13. The standard InChI is InChI=1S/C13H17ClN2O2/c1-3-15-12(17)9(2)16-13(18)11-6-4-10(8-14)5-7-11/h4-7,9H,3,8H2,1-2H3,(H,15,17)(H,16,18). The number of halogens is 1. The largest absolute Gasteiger partial charge is 0.355 e. The van der Waals surface area contributed by atoms with Crippen LogP contribution in [0.4, 0.5) is 0 Å². The van der Waals surface area contributed by atoms with Crippen LogP contribution in [0.2, 0.25) is 0 Å². The van der Waals surface area contributed by atoms with Gasteiger partial charge in [0, 0.05) is 18.0 Å². The second kappa shape index (κ2) is 7.01. The normalized spacial score (nSPS) is 11.7. The molecule has 2 amide bonds. The highest BCUT2D eigenvalue weighted by Crippen LogP contribution is 2.07. The number of amides is 2. The van der Waals surface area contributed by atoms with Gasteiger partial charge in [-0.05, 0) is 31.5 Å². The Morgan fingerprint density at radius 3 is 2.39 bits per heavy atom. The number of benzene rings is 1. The second-order valence-electron chi connectivity index (χ2n) is 3.92. The monoisotopic (exact) mass is 268 g/mol. The molecule has 1 unspecified atom stereocenters. The predicted octanol–water partition coefficient (Wildman–Crippen LogP) is 1.68. The van der Waals surface area contributed by atoms with Crippen molar-refractivity contribution in [3.8, 4) is 0 Å². The summed E-state index contributed by atoms with van der Waals surface area (Å²) in [5, 5.41) is 5.28. The highest BCUT2D eigenvalue weighted by Gasteiger charge is 2.15. The number of hydrogen-bond donors (Lipinski definition) is 2. The topological polar surface area (TPSA) is 58.2 Å². The fourth-order valence-corrected chi connectivity index (χ4v) is 1.60. The van der Waals surface area contributed by atoms with E-state index in [-0.39, 0.29) is 11.8 Å². The highest BCUT2D eigenvalue weighted by atomic mass is 35.5. The van der Waals surface area contributed by atoms with E-state index in [9.17, 15) is 9.59 Å². The summed E-state index contributed by atoms with van der Waals surface area (Å²) >= 11 is 5.67. The van der Waals surface area contributed by atoms with Crippen LogP contribution in [0.5, 0.6) is 0 Å². The quantitative estimate of drug-likeness (QED) is 0.799. The van der Waals surface area contributed by atoms with Crippen LogP contribution in [0.15, 0.2) is 24.3 Å². The van der Waals surface area contributed by atoms with Gasteiger partial charge in [-0.15, -0.1) is 11.6 Å². The van der Waals surface area contributed by atoms with Gasteiger partial charge < -0.3 is 10.6 Å². The summed E-state index contributed by atoms with van der Waals surface area (Å²) in [5.74, 6) is -0.0462. The van der Waals surface area contributed by atoms with E-state index in [4.69, 9.17) is 11.6 Å². The zero-order chi connectivity index (χ0) is 13.5. The maximum atomic E-state index is 11.8. The van der Waals surface area contributed by atoms with E-state index in [2.05, 4.69) is 10.6 Å². The van der Waals surface area contributed by atoms with Crippen molar-refractivity contribution in [1.82, 2.24) is 10.6 Å². The third-order valence-corrected chi connectivity index (χ3v) is 2.77. The lowest BCUT2D eigenvalue weighted by Crippen LogP contribution is -2.44. The average molecular weight is 269 g/mol. The van der Waals surface area contributed by atoms with E-state index in [1.807, 2.05) is 6.92 Å². The van der Waals surface area contributed by atoms with Gasteiger partial charge in [-0.3, -0.25) is 9.59 Å². The molecule has 0 saturated carbocycles. The molecule has 0 saturated heterocycles. The van der Waals surface area contributed by atoms with E-state index < -0.39 is 6.04 Å². The van der Waals surface area contributed by atoms with Crippen molar-refractivity contribution in [2.75, 3.05) is 6.54 Å². The molecule has 0 radical (unpaired) electrons. The molecular formula is C13H17ClN2O2. The first-order valence-corrected chi connectivity index (χ1v) is 6.35. The van der Waals surface area contributed by atoms with E-state index in [0.717, 1.165) is 5.56 Å². The number of rotatable bonds is 5. The fraction of sp³-hybridized carbons (Fsp3) is 0.385. The van der Waals surface area contributed by atoms with Gasteiger partial charge in [-0.25, -0.2) is 0 Å². The molecular weight excluding hydrogens is 252 g/mol. The lowest BCUT2D eigenvalue weighted by atomic mass is 10.1. The fourth-order valence-electron chi connectivity index (χ4n) is 1.42. The third kappa shape index (κ3) is 4.04. The van der Waals surface area contributed by atoms with Gasteiger partial charge in [0.15, 0.2) is 0 Å². The number of likely N-dealkylation sites (N-methyl/N-ethyl adjacent to an activating group) is 1. The molecule has 0 heterocycles. The van der Waals surface area contributed by atoms with Crippen LogP contribution in [0.25, 0.3) is 0 Å². The molecule has 4 nitrogen and oxygen atoms in total. The Morgan fingerprint density at radius 2 is 1.89 bits per heavy atom. The summed E-state index contributed by atoms with van der Waals surface area (Å²) in [6.45, 7) is 4.02. The van der Waals surface area contributed by atoms with E-state index in [0.29, 0.717) is 18.0 Å².